The minimum absolute atomic E-state index is 0.375. The number of halogens is 1. The lowest BCUT2D eigenvalue weighted by atomic mass is 9.75. The molecule has 1 atom stereocenters. The Balaban J connectivity index is 1.68. The number of nitrogens with one attached hydrogen (secondary N) is 1. The van der Waals surface area contributed by atoms with Gasteiger partial charge in [-0.15, -0.1) is 0 Å². The number of aromatic nitrogens is 4. The number of imidazole rings is 1. The number of piperidine rings is 1. The largest absolute Gasteiger partial charge is 0.481 e. The van der Waals surface area contributed by atoms with Gasteiger partial charge in [0, 0.05) is 18.1 Å². The SMILES string of the molecule is O=C(O)[C@]1(Cc2cccc(Cl)c2)CCCN(c2ncnc3nc[nH]c23)C1. The van der Waals surface area contributed by atoms with Crippen molar-refractivity contribution in [2.24, 2.45) is 5.41 Å². The number of nitrogens with zero attached hydrogens (tertiary/aromatic N) is 4. The zero-order chi connectivity index (χ0) is 18.1. The molecule has 1 aliphatic rings. The number of aromatic amines is 1. The highest BCUT2D eigenvalue weighted by atomic mass is 35.5. The van der Waals surface area contributed by atoms with Crippen LogP contribution in [0.25, 0.3) is 11.2 Å². The molecule has 0 saturated carbocycles. The van der Waals surface area contributed by atoms with Crippen molar-refractivity contribution in [3.63, 3.8) is 0 Å². The van der Waals surface area contributed by atoms with E-state index in [0.717, 1.165) is 24.0 Å². The van der Waals surface area contributed by atoms with Crippen LogP contribution in [0.5, 0.6) is 0 Å². The first kappa shape index (κ1) is 16.8. The Hall–Kier alpha value is -2.67. The fourth-order valence-electron chi connectivity index (χ4n) is 3.74. The van der Waals surface area contributed by atoms with Crippen LogP contribution in [0.15, 0.2) is 36.9 Å². The molecule has 2 N–H and O–H groups in total. The molecule has 1 saturated heterocycles. The summed E-state index contributed by atoms with van der Waals surface area (Å²) in [5.41, 5.74) is 1.35. The second-order valence-electron chi connectivity index (χ2n) is 6.72. The van der Waals surface area contributed by atoms with Crippen LogP contribution >= 0.6 is 11.6 Å². The van der Waals surface area contributed by atoms with Crippen LogP contribution < -0.4 is 4.90 Å². The summed E-state index contributed by atoms with van der Waals surface area (Å²) < 4.78 is 0. The highest BCUT2D eigenvalue weighted by Gasteiger charge is 2.43. The third kappa shape index (κ3) is 2.99. The van der Waals surface area contributed by atoms with Crippen molar-refractivity contribution in [2.45, 2.75) is 19.3 Å². The van der Waals surface area contributed by atoms with E-state index in [2.05, 4.69) is 19.9 Å². The van der Waals surface area contributed by atoms with Gasteiger partial charge >= 0.3 is 5.97 Å². The molecule has 26 heavy (non-hydrogen) atoms. The fourth-order valence-corrected chi connectivity index (χ4v) is 3.95. The Kier molecular flexibility index (Phi) is 4.24. The molecule has 134 valence electrons. The minimum Gasteiger partial charge on any atom is -0.481 e. The van der Waals surface area contributed by atoms with Crippen molar-refractivity contribution in [1.82, 2.24) is 19.9 Å². The van der Waals surface area contributed by atoms with E-state index >= 15 is 0 Å². The van der Waals surface area contributed by atoms with Crippen molar-refractivity contribution >= 4 is 34.6 Å². The lowest BCUT2D eigenvalue weighted by Crippen LogP contribution is -2.49. The Bertz CT molecular complexity index is 959. The molecule has 1 aliphatic heterocycles. The van der Waals surface area contributed by atoms with E-state index in [1.54, 1.807) is 12.4 Å². The van der Waals surface area contributed by atoms with Gasteiger partial charge in [-0.3, -0.25) is 4.79 Å². The summed E-state index contributed by atoms with van der Waals surface area (Å²) in [5.74, 6) is -0.0963. The summed E-state index contributed by atoms with van der Waals surface area (Å²) in [7, 11) is 0. The molecule has 3 heterocycles. The van der Waals surface area contributed by atoms with Gasteiger partial charge in [-0.2, -0.15) is 0 Å². The van der Waals surface area contributed by atoms with Crippen molar-refractivity contribution in [1.29, 1.82) is 0 Å². The Morgan fingerprint density at radius 3 is 3.04 bits per heavy atom. The monoisotopic (exact) mass is 371 g/mol. The van der Waals surface area contributed by atoms with Gasteiger partial charge in [-0.25, -0.2) is 15.0 Å². The molecule has 8 heteroatoms. The third-order valence-corrected chi connectivity index (χ3v) is 5.20. The van der Waals surface area contributed by atoms with Crippen molar-refractivity contribution in [3.8, 4) is 0 Å². The van der Waals surface area contributed by atoms with Crippen LogP contribution in [-0.4, -0.2) is 44.1 Å². The normalized spacial score (nSPS) is 20.4. The smallest absolute Gasteiger partial charge is 0.311 e. The highest BCUT2D eigenvalue weighted by Crippen LogP contribution is 2.37. The Morgan fingerprint density at radius 1 is 1.35 bits per heavy atom. The number of hydrogen-bond acceptors (Lipinski definition) is 5. The van der Waals surface area contributed by atoms with Gasteiger partial charge in [0.15, 0.2) is 11.5 Å². The second-order valence-corrected chi connectivity index (χ2v) is 7.15. The Morgan fingerprint density at radius 2 is 2.23 bits per heavy atom. The van der Waals surface area contributed by atoms with E-state index in [9.17, 15) is 9.90 Å². The molecule has 0 amide bonds. The third-order valence-electron chi connectivity index (χ3n) is 4.96. The van der Waals surface area contributed by atoms with Crippen molar-refractivity contribution in [3.05, 3.63) is 47.5 Å². The predicted octanol–water partition coefficient (Wildman–Crippen LogP) is 2.92. The number of benzene rings is 1. The Labute approximate surface area is 155 Å². The van der Waals surface area contributed by atoms with E-state index in [1.807, 2.05) is 23.1 Å². The van der Waals surface area contributed by atoms with Gasteiger partial charge < -0.3 is 15.0 Å². The molecule has 0 bridgehead atoms. The summed E-state index contributed by atoms with van der Waals surface area (Å²) in [6.45, 7) is 1.12. The molecular weight excluding hydrogens is 354 g/mol. The van der Waals surface area contributed by atoms with Gasteiger partial charge in [-0.05, 0) is 37.0 Å². The van der Waals surface area contributed by atoms with Crippen LogP contribution in [-0.2, 0) is 11.2 Å². The molecule has 0 aliphatic carbocycles. The number of rotatable bonds is 4. The zero-order valence-corrected chi connectivity index (χ0v) is 14.8. The van der Waals surface area contributed by atoms with Gasteiger partial charge in [-0.1, -0.05) is 23.7 Å². The number of carboxylic acids is 1. The summed E-state index contributed by atoms with van der Waals surface area (Å²) in [5, 5.41) is 10.7. The lowest BCUT2D eigenvalue weighted by molar-refractivity contribution is -0.149. The van der Waals surface area contributed by atoms with Crippen LogP contribution in [0.2, 0.25) is 5.02 Å². The zero-order valence-electron chi connectivity index (χ0n) is 14.0. The maximum atomic E-state index is 12.2. The van der Waals surface area contributed by atoms with E-state index in [0.29, 0.717) is 35.9 Å². The first-order valence-electron chi connectivity index (χ1n) is 8.44. The average Bonchev–Trinajstić information content (AvgIpc) is 3.10. The van der Waals surface area contributed by atoms with E-state index in [-0.39, 0.29) is 0 Å². The number of fused-ring (bicyclic) bond motifs is 1. The number of carbonyl (C=O) groups is 1. The number of anilines is 1. The van der Waals surface area contributed by atoms with Crippen LogP contribution in [0.1, 0.15) is 18.4 Å². The molecule has 4 rings (SSSR count). The van der Waals surface area contributed by atoms with Gasteiger partial charge in [0.25, 0.3) is 0 Å². The van der Waals surface area contributed by atoms with E-state index in [4.69, 9.17) is 11.6 Å². The number of carboxylic acid groups (broad SMARTS) is 1. The number of hydrogen-bond donors (Lipinski definition) is 2. The summed E-state index contributed by atoms with van der Waals surface area (Å²) >= 11 is 6.08. The predicted molar refractivity (Wildman–Crippen MR) is 98.4 cm³/mol. The lowest BCUT2D eigenvalue weighted by Gasteiger charge is -2.40. The van der Waals surface area contributed by atoms with Crippen LogP contribution in [0.3, 0.4) is 0 Å². The van der Waals surface area contributed by atoms with Crippen molar-refractivity contribution < 1.29 is 9.90 Å². The highest BCUT2D eigenvalue weighted by molar-refractivity contribution is 6.30. The van der Waals surface area contributed by atoms with Crippen LogP contribution in [0.4, 0.5) is 5.82 Å². The number of aliphatic carboxylic acids is 1. The maximum Gasteiger partial charge on any atom is 0.311 e. The van der Waals surface area contributed by atoms with Gasteiger partial charge in [0.1, 0.15) is 11.8 Å². The van der Waals surface area contributed by atoms with E-state index in [1.165, 1.54) is 6.33 Å². The second kappa shape index (κ2) is 6.57. The molecule has 2 aromatic heterocycles. The topological polar surface area (TPSA) is 95.0 Å². The number of H-pyrrole nitrogens is 1. The molecule has 0 unspecified atom stereocenters. The minimum atomic E-state index is -0.889. The molecule has 0 spiro atoms. The fraction of sp³-hybridized carbons (Fsp3) is 0.333. The molecular formula is C18H18ClN5O2. The molecule has 3 aromatic rings. The first-order valence-corrected chi connectivity index (χ1v) is 8.82. The van der Waals surface area contributed by atoms with Gasteiger partial charge in [0.2, 0.25) is 0 Å². The van der Waals surface area contributed by atoms with Gasteiger partial charge in [0.05, 0.1) is 11.7 Å². The average molecular weight is 372 g/mol. The molecule has 7 nitrogen and oxygen atoms in total. The molecule has 1 fully saturated rings. The molecule has 1 aromatic carbocycles. The standard InChI is InChI=1S/C18H18ClN5O2/c19-13-4-1-3-12(7-13)8-18(17(25)26)5-2-6-24(9-18)16-14-15(21-10-20-14)22-11-23-16/h1,3-4,7,10-11H,2,5-6,8-9H2,(H,25,26)(H,20,21,22,23)/t18-/m0/s1. The summed E-state index contributed by atoms with van der Waals surface area (Å²) in [6, 6.07) is 7.41. The first-order chi connectivity index (χ1) is 12.6. The summed E-state index contributed by atoms with van der Waals surface area (Å²) in [4.78, 5) is 30.0. The summed E-state index contributed by atoms with van der Waals surface area (Å²) in [6.07, 6.45) is 4.85. The van der Waals surface area contributed by atoms with E-state index < -0.39 is 11.4 Å². The van der Waals surface area contributed by atoms with Crippen LogP contribution in [0, 0.1) is 5.41 Å². The van der Waals surface area contributed by atoms with Crippen molar-refractivity contribution in [2.75, 3.05) is 18.0 Å². The quantitative estimate of drug-likeness (QED) is 0.732. The maximum absolute atomic E-state index is 12.2. The molecule has 0 radical (unpaired) electrons.